The molecule has 2 unspecified atom stereocenters. The lowest BCUT2D eigenvalue weighted by Gasteiger charge is -2.19. The Hall–Kier alpha value is -1.20. The van der Waals surface area contributed by atoms with Crippen molar-refractivity contribution < 1.29 is 13.2 Å². The molecule has 2 N–H and O–H groups in total. The van der Waals surface area contributed by atoms with E-state index in [0.717, 1.165) is 11.8 Å². The number of carbonyl (C=O) groups is 1. The number of hydrogen-bond donors (Lipinski definition) is 1. The molecule has 1 rings (SSSR count). The highest BCUT2D eigenvalue weighted by atomic mass is 32.2. The van der Waals surface area contributed by atoms with Gasteiger partial charge in [0, 0.05) is 24.6 Å². The molecule has 4 nitrogen and oxygen atoms in total. The molecule has 1 aromatic carbocycles. The molecule has 100 valence electrons. The number of ketones is 1. The Morgan fingerprint density at radius 1 is 1.28 bits per heavy atom. The Labute approximate surface area is 108 Å². The van der Waals surface area contributed by atoms with Crippen LogP contribution < -0.4 is 5.73 Å². The molecule has 1 aromatic rings. The predicted molar refractivity (Wildman–Crippen MR) is 71.9 cm³/mol. The van der Waals surface area contributed by atoms with Gasteiger partial charge in [0.05, 0.1) is 5.75 Å². The van der Waals surface area contributed by atoms with Crippen molar-refractivity contribution in [2.45, 2.75) is 19.4 Å². The molecule has 2 atom stereocenters. The first-order chi connectivity index (χ1) is 8.31. The van der Waals surface area contributed by atoms with Gasteiger partial charge in [-0.2, -0.15) is 0 Å². The summed E-state index contributed by atoms with van der Waals surface area (Å²) in [5, 5.41) is 0. The van der Waals surface area contributed by atoms with Crippen molar-refractivity contribution in [1.82, 2.24) is 0 Å². The third-order valence-electron chi connectivity index (χ3n) is 2.95. The Bertz CT molecular complexity index is 496. The maximum atomic E-state index is 11.9. The molecule has 0 aliphatic heterocycles. The van der Waals surface area contributed by atoms with Gasteiger partial charge in [0.1, 0.15) is 15.6 Å². The smallest absolute Gasteiger partial charge is 0.147 e. The molecule has 0 bridgehead atoms. The number of benzene rings is 1. The van der Waals surface area contributed by atoms with Crippen molar-refractivity contribution in [1.29, 1.82) is 0 Å². The number of hydrogen-bond acceptors (Lipinski definition) is 4. The second kappa shape index (κ2) is 6.11. The van der Waals surface area contributed by atoms with Crippen LogP contribution in [0.15, 0.2) is 30.3 Å². The number of rotatable bonds is 6. The second-order valence-electron chi connectivity index (χ2n) is 4.57. The molecular formula is C13H19NO3S. The van der Waals surface area contributed by atoms with Gasteiger partial charge < -0.3 is 5.73 Å². The number of carbonyl (C=O) groups excluding carboxylic acids is 1. The SMILES string of the molecule is CC(C(=O)CCS(C)(=O)=O)C(N)c1ccccc1. The lowest BCUT2D eigenvalue weighted by molar-refractivity contribution is -0.122. The fourth-order valence-corrected chi connectivity index (χ4v) is 2.25. The summed E-state index contributed by atoms with van der Waals surface area (Å²) in [6.45, 7) is 1.74. The minimum Gasteiger partial charge on any atom is -0.323 e. The molecule has 0 aromatic heterocycles. The van der Waals surface area contributed by atoms with Crippen molar-refractivity contribution in [2.24, 2.45) is 11.7 Å². The van der Waals surface area contributed by atoms with E-state index in [1.807, 2.05) is 30.3 Å². The fourth-order valence-electron chi connectivity index (χ4n) is 1.68. The Morgan fingerprint density at radius 2 is 1.83 bits per heavy atom. The topological polar surface area (TPSA) is 77.2 Å². The number of sulfone groups is 1. The second-order valence-corrected chi connectivity index (χ2v) is 6.83. The van der Waals surface area contributed by atoms with Crippen molar-refractivity contribution in [3.05, 3.63) is 35.9 Å². The summed E-state index contributed by atoms with van der Waals surface area (Å²) in [7, 11) is -3.10. The first-order valence-corrected chi connectivity index (χ1v) is 7.88. The molecule has 0 heterocycles. The lowest BCUT2D eigenvalue weighted by Crippen LogP contribution is -2.27. The molecule has 0 amide bonds. The van der Waals surface area contributed by atoms with E-state index in [-0.39, 0.29) is 23.9 Å². The van der Waals surface area contributed by atoms with E-state index in [2.05, 4.69) is 0 Å². The lowest BCUT2D eigenvalue weighted by atomic mass is 9.91. The molecule has 0 saturated heterocycles. The Kier molecular flexibility index (Phi) is 5.04. The third-order valence-corrected chi connectivity index (χ3v) is 3.90. The molecule has 0 aliphatic rings. The van der Waals surface area contributed by atoms with E-state index >= 15 is 0 Å². The summed E-state index contributed by atoms with van der Waals surface area (Å²) in [4.78, 5) is 11.9. The molecule has 0 spiro atoms. The van der Waals surface area contributed by atoms with E-state index in [4.69, 9.17) is 5.73 Å². The normalized spacial score (nSPS) is 15.1. The molecule has 0 fully saturated rings. The zero-order valence-corrected chi connectivity index (χ0v) is 11.5. The summed E-state index contributed by atoms with van der Waals surface area (Å²) < 4.78 is 22.0. The summed E-state index contributed by atoms with van der Waals surface area (Å²) in [5.74, 6) is -0.608. The quantitative estimate of drug-likeness (QED) is 0.845. The first-order valence-electron chi connectivity index (χ1n) is 5.82. The minimum absolute atomic E-state index is 0.0283. The molecular weight excluding hydrogens is 250 g/mol. The number of Topliss-reactive ketones (excluding diaryl/α,β-unsaturated/α-hetero) is 1. The molecule has 0 radical (unpaired) electrons. The van der Waals surface area contributed by atoms with Crippen molar-refractivity contribution in [3.8, 4) is 0 Å². The average Bonchev–Trinajstić information content (AvgIpc) is 2.34. The molecule has 18 heavy (non-hydrogen) atoms. The predicted octanol–water partition coefficient (Wildman–Crippen LogP) is 1.33. The van der Waals surface area contributed by atoms with Gasteiger partial charge in [0.2, 0.25) is 0 Å². The Balaban J connectivity index is 2.64. The largest absolute Gasteiger partial charge is 0.323 e. The van der Waals surface area contributed by atoms with Gasteiger partial charge in [-0.1, -0.05) is 37.3 Å². The Morgan fingerprint density at radius 3 is 2.33 bits per heavy atom. The van der Waals surface area contributed by atoms with Crippen LogP contribution in [-0.2, 0) is 14.6 Å². The van der Waals surface area contributed by atoms with Crippen molar-refractivity contribution in [2.75, 3.05) is 12.0 Å². The molecule has 0 saturated carbocycles. The fraction of sp³-hybridized carbons (Fsp3) is 0.462. The van der Waals surface area contributed by atoms with Crippen molar-refractivity contribution >= 4 is 15.6 Å². The van der Waals surface area contributed by atoms with Crippen molar-refractivity contribution in [3.63, 3.8) is 0 Å². The highest BCUT2D eigenvalue weighted by Crippen LogP contribution is 2.20. The van der Waals surface area contributed by atoms with E-state index < -0.39 is 15.9 Å². The maximum absolute atomic E-state index is 11.9. The summed E-state index contributed by atoms with van der Waals surface area (Å²) >= 11 is 0. The van der Waals surface area contributed by atoms with Crippen LogP contribution in [0.2, 0.25) is 0 Å². The average molecular weight is 269 g/mol. The van der Waals surface area contributed by atoms with Gasteiger partial charge in [-0.3, -0.25) is 4.79 Å². The molecule has 5 heteroatoms. The van der Waals surface area contributed by atoms with Gasteiger partial charge >= 0.3 is 0 Å². The molecule has 0 aliphatic carbocycles. The van der Waals surface area contributed by atoms with Crippen LogP contribution >= 0.6 is 0 Å². The summed E-state index contributed by atoms with van der Waals surface area (Å²) in [5.41, 5.74) is 6.90. The monoisotopic (exact) mass is 269 g/mol. The van der Waals surface area contributed by atoms with Crippen LogP contribution in [0.3, 0.4) is 0 Å². The van der Waals surface area contributed by atoms with Gasteiger partial charge in [0.25, 0.3) is 0 Å². The van der Waals surface area contributed by atoms with E-state index in [1.54, 1.807) is 6.92 Å². The summed E-state index contributed by atoms with van der Waals surface area (Å²) in [6, 6.07) is 8.95. The number of nitrogens with two attached hydrogens (primary N) is 1. The van der Waals surface area contributed by atoms with Gasteiger partial charge in [-0.05, 0) is 5.56 Å². The van der Waals surface area contributed by atoms with Crippen LogP contribution in [-0.4, -0.2) is 26.2 Å². The minimum atomic E-state index is -3.10. The highest BCUT2D eigenvalue weighted by Gasteiger charge is 2.22. The van der Waals surface area contributed by atoms with Crippen LogP contribution in [0, 0.1) is 5.92 Å². The van der Waals surface area contributed by atoms with Crippen LogP contribution in [0.1, 0.15) is 24.9 Å². The van der Waals surface area contributed by atoms with E-state index in [9.17, 15) is 13.2 Å². The standard InChI is InChI=1S/C13H19NO3S/c1-10(12(15)8-9-18(2,16)17)13(14)11-6-4-3-5-7-11/h3-7,10,13H,8-9,14H2,1-2H3. The highest BCUT2D eigenvalue weighted by molar-refractivity contribution is 7.90. The maximum Gasteiger partial charge on any atom is 0.147 e. The van der Waals surface area contributed by atoms with Gasteiger partial charge in [0.15, 0.2) is 0 Å². The van der Waals surface area contributed by atoms with Crippen LogP contribution in [0.5, 0.6) is 0 Å². The van der Waals surface area contributed by atoms with Crippen LogP contribution in [0.25, 0.3) is 0 Å². The first kappa shape index (κ1) is 14.9. The van der Waals surface area contributed by atoms with Crippen LogP contribution in [0.4, 0.5) is 0 Å². The third kappa shape index (κ3) is 4.58. The van der Waals surface area contributed by atoms with E-state index in [1.165, 1.54) is 0 Å². The zero-order valence-electron chi connectivity index (χ0n) is 10.7. The van der Waals surface area contributed by atoms with Gasteiger partial charge in [-0.15, -0.1) is 0 Å². The van der Waals surface area contributed by atoms with Gasteiger partial charge in [-0.25, -0.2) is 8.42 Å². The van der Waals surface area contributed by atoms with E-state index in [0.29, 0.717) is 0 Å². The summed E-state index contributed by atoms with van der Waals surface area (Å²) in [6.07, 6.45) is 1.16. The zero-order chi connectivity index (χ0) is 13.8.